The van der Waals surface area contributed by atoms with E-state index in [1.807, 2.05) is 0 Å². The van der Waals surface area contributed by atoms with Gasteiger partial charge >= 0.3 is 0 Å². The highest BCUT2D eigenvalue weighted by molar-refractivity contribution is 6.50. The molecule has 1 aliphatic rings. The second kappa shape index (κ2) is 6.07. The van der Waals surface area contributed by atoms with Crippen LogP contribution in [0.3, 0.4) is 0 Å². The van der Waals surface area contributed by atoms with Gasteiger partial charge in [0.1, 0.15) is 16.4 Å². The second-order valence-electron chi connectivity index (χ2n) is 4.94. The van der Waals surface area contributed by atoms with E-state index in [1.165, 1.54) is 24.3 Å². The Morgan fingerprint density at radius 3 is 2.21 bits per heavy atom. The van der Waals surface area contributed by atoms with E-state index >= 15 is 0 Å². The van der Waals surface area contributed by atoms with E-state index in [0.29, 0.717) is 0 Å². The van der Waals surface area contributed by atoms with Crippen LogP contribution in [0.4, 0.5) is 11.4 Å². The first-order valence-electron chi connectivity index (χ1n) is 6.69. The van der Waals surface area contributed by atoms with Crippen molar-refractivity contribution in [1.29, 1.82) is 0 Å². The largest absolute Gasteiger partial charge is 0.345 e. The minimum absolute atomic E-state index is 0.0121. The molecule has 3 rings (SSSR count). The molecule has 0 atom stereocenters. The number of rotatable bonds is 3. The fraction of sp³-hybridized carbons (Fsp3) is 0. The SMILES string of the molecule is O=C1C(Cl)=C(Nc2ccc(Cl)cc2[N+](=O)[O-])C(=O)c2ccccc21. The lowest BCUT2D eigenvalue weighted by Crippen LogP contribution is -2.24. The minimum atomic E-state index is -0.647. The van der Waals surface area contributed by atoms with E-state index in [9.17, 15) is 19.7 Å². The van der Waals surface area contributed by atoms with Crippen molar-refractivity contribution in [2.75, 3.05) is 5.32 Å². The highest BCUT2D eigenvalue weighted by Gasteiger charge is 2.32. The van der Waals surface area contributed by atoms with Crippen molar-refractivity contribution < 1.29 is 14.5 Å². The summed E-state index contributed by atoms with van der Waals surface area (Å²) in [5, 5.41) is 13.6. The number of carbonyl (C=O) groups is 2. The molecule has 0 radical (unpaired) electrons. The Morgan fingerprint density at radius 2 is 1.58 bits per heavy atom. The molecule has 120 valence electrons. The van der Waals surface area contributed by atoms with Crippen molar-refractivity contribution in [2.45, 2.75) is 0 Å². The first kappa shape index (κ1) is 16.2. The number of fused-ring (bicyclic) bond motifs is 1. The highest BCUT2D eigenvalue weighted by atomic mass is 35.5. The van der Waals surface area contributed by atoms with E-state index in [0.717, 1.165) is 6.07 Å². The van der Waals surface area contributed by atoms with E-state index in [1.54, 1.807) is 12.1 Å². The summed E-state index contributed by atoms with van der Waals surface area (Å²) in [5.74, 6) is -1.04. The molecule has 0 unspecified atom stereocenters. The zero-order chi connectivity index (χ0) is 17.4. The Hall–Kier alpha value is -2.70. The quantitative estimate of drug-likeness (QED) is 0.652. The third kappa shape index (κ3) is 2.66. The van der Waals surface area contributed by atoms with Crippen LogP contribution in [-0.2, 0) is 0 Å². The summed E-state index contributed by atoms with van der Waals surface area (Å²) in [5.41, 5.74) is -0.142. The Kier molecular flexibility index (Phi) is 4.09. The molecule has 1 N–H and O–H groups in total. The van der Waals surface area contributed by atoms with Gasteiger partial charge in [-0.05, 0) is 12.1 Å². The molecule has 8 heteroatoms. The van der Waals surface area contributed by atoms with Crippen molar-refractivity contribution >= 4 is 46.1 Å². The number of carbonyl (C=O) groups excluding carboxylic acids is 2. The van der Waals surface area contributed by atoms with E-state index in [2.05, 4.69) is 5.32 Å². The zero-order valence-corrected chi connectivity index (χ0v) is 13.4. The number of ketones is 2. The van der Waals surface area contributed by atoms with Crippen molar-refractivity contribution in [3.8, 4) is 0 Å². The first-order chi connectivity index (χ1) is 11.4. The molecule has 1 aliphatic carbocycles. The molecule has 0 aromatic heterocycles. The van der Waals surface area contributed by atoms with Crippen molar-refractivity contribution in [3.05, 3.63) is 79.5 Å². The lowest BCUT2D eigenvalue weighted by molar-refractivity contribution is -0.383. The van der Waals surface area contributed by atoms with Gasteiger partial charge in [0.15, 0.2) is 0 Å². The van der Waals surface area contributed by atoms with Crippen LogP contribution in [0.25, 0.3) is 0 Å². The molecule has 2 aromatic rings. The summed E-state index contributed by atoms with van der Waals surface area (Å²) >= 11 is 11.8. The summed E-state index contributed by atoms with van der Waals surface area (Å²) < 4.78 is 0. The molecule has 0 saturated heterocycles. The number of halogens is 2. The van der Waals surface area contributed by atoms with Crippen LogP contribution < -0.4 is 5.32 Å². The lowest BCUT2D eigenvalue weighted by atomic mass is 9.92. The Labute approximate surface area is 145 Å². The molecule has 2 aromatic carbocycles. The number of nitro benzene ring substituents is 1. The molecule has 24 heavy (non-hydrogen) atoms. The molecule has 0 aliphatic heterocycles. The zero-order valence-electron chi connectivity index (χ0n) is 11.9. The topological polar surface area (TPSA) is 89.3 Å². The minimum Gasteiger partial charge on any atom is -0.345 e. The average molecular weight is 363 g/mol. The molecule has 0 amide bonds. The van der Waals surface area contributed by atoms with Gasteiger partial charge in [-0.15, -0.1) is 0 Å². The third-order valence-electron chi connectivity index (χ3n) is 3.48. The van der Waals surface area contributed by atoms with Crippen LogP contribution in [0.1, 0.15) is 20.7 Å². The smallest absolute Gasteiger partial charge is 0.294 e. The number of nitrogens with zero attached hydrogens (tertiary/aromatic N) is 1. The average Bonchev–Trinajstić information content (AvgIpc) is 2.57. The van der Waals surface area contributed by atoms with Gasteiger partial charge in [-0.1, -0.05) is 47.5 Å². The van der Waals surface area contributed by atoms with E-state index in [-0.39, 0.29) is 38.3 Å². The molecular formula is C16H8Cl2N2O4. The van der Waals surface area contributed by atoms with Crippen LogP contribution in [0.15, 0.2) is 53.2 Å². The molecule has 0 spiro atoms. The normalized spacial score (nSPS) is 13.8. The first-order valence-corrected chi connectivity index (χ1v) is 7.45. The summed E-state index contributed by atoms with van der Waals surface area (Å²) in [6.45, 7) is 0. The summed E-state index contributed by atoms with van der Waals surface area (Å²) in [4.78, 5) is 35.4. The molecule has 0 fully saturated rings. The van der Waals surface area contributed by atoms with Crippen LogP contribution >= 0.6 is 23.2 Å². The van der Waals surface area contributed by atoms with Crippen LogP contribution in [-0.4, -0.2) is 16.5 Å². The van der Waals surface area contributed by atoms with Gasteiger partial charge in [0.2, 0.25) is 11.6 Å². The van der Waals surface area contributed by atoms with Gasteiger partial charge in [0.25, 0.3) is 5.69 Å². The van der Waals surface area contributed by atoms with Crippen molar-refractivity contribution in [1.82, 2.24) is 0 Å². The maximum Gasteiger partial charge on any atom is 0.294 e. The van der Waals surface area contributed by atoms with E-state index in [4.69, 9.17) is 23.2 Å². The Morgan fingerprint density at radius 1 is 0.958 bits per heavy atom. The number of nitro groups is 1. The highest BCUT2D eigenvalue weighted by Crippen LogP contribution is 2.33. The summed E-state index contributed by atoms with van der Waals surface area (Å²) in [6, 6.07) is 10.1. The number of anilines is 1. The number of allylic oxidation sites excluding steroid dienone is 2. The van der Waals surface area contributed by atoms with Crippen LogP contribution in [0.2, 0.25) is 5.02 Å². The van der Waals surface area contributed by atoms with Gasteiger partial charge in [-0.2, -0.15) is 0 Å². The molecular weight excluding hydrogens is 355 g/mol. The van der Waals surface area contributed by atoms with Gasteiger partial charge in [0, 0.05) is 22.2 Å². The Bertz CT molecular complexity index is 937. The fourth-order valence-corrected chi connectivity index (χ4v) is 2.75. The van der Waals surface area contributed by atoms with Crippen LogP contribution in [0.5, 0.6) is 0 Å². The fourth-order valence-electron chi connectivity index (χ4n) is 2.35. The number of hydrogen-bond acceptors (Lipinski definition) is 5. The van der Waals surface area contributed by atoms with Crippen LogP contribution in [0, 0.1) is 10.1 Å². The monoisotopic (exact) mass is 362 g/mol. The predicted molar refractivity (Wildman–Crippen MR) is 89.7 cm³/mol. The number of Topliss-reactive ketones (excluding diaryl/α,β-unsaturated/α-hetero) is 2. The lowest BCUT2D eigenvalue weighted by Gasteiger charge is -2.18. The molecule has 0 bridgehead atoms. The second-order valence-corrected chi connectivity index (χ2v) is 5.75. The molecule has 0 saturated carbocycles. The predicted octanol–water partition coefficient (Wildman–Crippen LogP) is 4.19. The standard InChI is InChI=1S/C16H8Cl2N2O4/c17-8-5-6-11(12(7-8)20(23)24)19-14-13(18)15(21)9-3-1-2-4-10(9)16(14)22/h1-7,19H. The Balaban J connectivity index is 2.08. The maximum atomic E-state index is 12.6. The van der Waals surface area contributed by atoms with Gasteiger partial charge in [-0.3, -0.25) is 19.7 Å². The van der Waals surface area contributed by atoms with Gasteiger partial charge < -0.3 is 5.32 Å². The molecule has 6 nitrogen and oxygen atoms in total. The van der Waals surface area contributed by atoms with E-state index < -0.39 is 16.5 Å². The van der Waals surface area contributed by atoms with Crippen molar-refractivity contribution in [2.24, 2.45) is 0 Å². The number of benzene rings is 2. The summed E-state index contributed by atoms with van der Waals surface area (Å²) in [6.07, 6.45) is 0. The number of hydrogen-bond donors (Lipinski definition) is 1. The van der Waals surface area contributed by atoms with Gasteiger partial charge in [-0.25, -0.2) is 0 Å². The molecule has 0 heterocycles. The summed E-state index contributed by atoms with van der Waals surface area (Å²) in [7, 11) is 0. The number of nitrogens with one attached hydrogen (secondary N) is 1. The van der Waals surface area contributed by atoms with Crippen molar-refractivity contribution in [3.63, 3.8) is 0 Å². The third-order valence-corrected chi connectivity index (χ3v) is 4.07. The van der Waals surface area contributed by atoms with Gasteiger partial charge in [0.05, 0.1) is 4.92 Å². The maximum absolute atomic E-state index is 12.6.